The van der Waals surface area contributed by atoms with Gasteiger partial charge in [0, 0.05) is 26.2 Å². The summed E-state index contributed by atoms with van der Waals surface area (Å²) in [5.74, 6) is 0. The molecule has 0 saturated heterocycles. The molecule has 0 aliphatic carbocycles. The maximum absolute atomic E-state index is 11.5. The Morgan fingerprint density at radius 3 is 1.50 bits per heavy atom. The number of hydrogen-bond donors (Lipinski definition) is 0. The van der Waals surface area contributed by atoms with E-state index in [2.05, 4.69) is 0 Å². The van der Waals surface area contributed by atoms with Gasteiger partial charge in [0.2, 0.25) is 0 Å². The predicted molar refractivity (Wildman–Crippen MR) is 62.4 cm³/mol. The summed E-state index contributed by atoms with van der Waals surface area (Å²) in [5.41, 5.74) is 1.28. The molecule has 0 aliphatic heterocycles. The van der Waals surface area contributed by atoms with Crippen LogP contribution >= 0.6 is 0 Å². The third-order valence-electron chi connectivity index (χ3n) is 2.63. The summed E-state index contributed by atoms with van der Waals surface area (Å²) in [4.78, 5) is 23.0. The smallest absolute Gasteiger partial charge is 0.250 e. The third kappa shape index (κ3) is 1.58. The highest BCUT2D eigenvalue weighted by Gasteiger charge is 2.05. The quantitative estimate of drug-likeness (QED) is 0.706. The normalized spacial score (nSPS) is 10.4. The van der Waals surface area contributed by atoms with E-state index in [0.717, 1.165) is 11.4 Å². The molecule has 2 rings (SSSR count). The number of nitrogens with zero attached hydrogens (tertiary/aromatic N) is 2. The summed E-state index contributed by atoms with van der Waals surface area (Å²) >= 11 is 0. The van der Waals surface area contributed by atoms with Gasteiger partial charge in [0.05, 0.1) is 11.4 Å². The van der Waals surface area contributed by atoms with Crippen molar-refractivity contribution in [3.63, 3.8) is 0 Å². The van der Waals surface area contributed by atoms with Crippen LogP contribution in [0, 0.1) is 0 Å². The number of hydrogen-bond acceptors (Lipinski definition) is 2. The summed E-state index contributed by atoms with van der Waals surface area (Å²) in [5, 5.41) is 0. The van der Waals surface area contributed by atoms with Gasteiger partial charge in [-0.15, -0.1) is 0 Å². The summed E-state index contributed by atoms with van der Waals surface area (Å²) in [6.07, 6.45) is 0. The largest absolute Gasteiger partial charge is 0.310 e. The van der Waals surface area contributed by atoms with E-state index < -0.39 is 0 Å². The van der Waals surface area contributed by atoms with Gasteiger partial charge in [-0.25, -0.2) is 0 Å². The van der Waals surface area contributed by atoms with Gasteiger partial charge in [0.1, 0.15) is 0 Å². The molecule has 4 heteroatoms. The molecule has 0 bridgehead atoms. The van der Waals surface area contributed by atoms with Crippen LogP contribution in [-0.2, 0) is 14.1 Å². The van der Waals surface area contributed by atoms with Crippen LogP contribution in [0.5, 0.6) is 0 Å². The monoisotopic (exact) mass is 216 g/mol. The first-order valence-electron chi connectivity index (χ1n) is 4.94. The van der Waals surface area contributed by atoms with Crippen molar-refractivity contribution in [2.24, 2.45) is 14.1 Å². The average Bonchev–Trinajstić information content (AvgIpc) is 2.27. The fourth-order valence-electron chi connectivity index (χ4n) is 1.64. The number of pyridine rings is 2. The first-order valence-corrected chi connectivity index (χ1v) is 4.94. The Labute approximate surface area is 92.4 Å². The van der Waals surface area contributed by atoms with E-state index in [4.69, 9.17) is 0 Å². The minimum Gasteiger partial charge on any atom is -0.310 e. The summed E-state index contributed by atoms with van der Waals surface area (Å²) < 4.78 is 3.05. The number of rotatable bonds is 1. The van der Waals surface area contributed by atoms with Crippen LogP contribution in [0.2, 0.25) is 0 Å². The van der Waals surface area contributed by atoms with Crippen LogP contribution in [-0.4, -0.2) is 9.13 Å². The van der Waals surface area contributed by atoms with Crippen molar-refractivity contribution in [3.8, 4) is 11.4 Å². The van der Waals surface area contributed by atoms with E-state index in [0.29, 0.717) is 0 Å². The molecule has 4 nitrogen and oxygen atoms in total. The highest BCUT2D eigenvalue weighted by Crippen LogP contribution is 2.13. The van der Waals surface area contributed by atoms with Gasteiger partial charge in [0.25, 0.3) is 11.1 Å². The van der Waals surface area contributed by atoms with Gasteiger partial charge in [-0.2, -0.15) is 0 Å². The minimum absolute atomic E-state index is 0.0891. The lowest BCUT2D eigenvalue weighted by atomic mass is 10.2. The Kier molecular flexibility index (Phi) is 2.48. The second kappa shape index (κ2) is 3.81. The standard InChI is InChI=1S/C12H12N2O2/c1-13-9(5-3-7-11(13)15)10-6-4-8-12(16)14(10)2/h3-8H,1-2H3. The van der Waals surface area contributed by atoms with Gasteiger partial charge in [-0.3, -0.25) is 9.59 Å². The topological polar surface area (TPSA) is 44.0 Å². The SMILES string of the molecule is Cn1c(-c2cccc(=O)n2C)cccc1=O. The second-order valence-electron chi connectivity index (χ2n) is 3.62. The van der Waals surface area contributed by atoms with Crippen LogP contribution in [0.4, 0.5) is 0 Å². The van der Waals surface area contributed by atoms with Crippen molar-refractivity contribution in [1.82, 2.24) is 9.13 Å². The zero-order chi connectivity index (χ0) is 11.7. The van der Waals surface area contributed by atoms with E-state index in [1.54, 1.807) is 26.2 Å². The Bertz CT molecular complexity index is 580. The molecular formula is C12H12N2O2. The Morgan fingerprint density at radius 1 is 0.750 bits per heavy atom. The van der Waals surface area contributed by atoms with Crippen molar-refractivity contribution in [2.45, 2.75) is 0 Å². The Hall–Kier alpha value is -2.10. The Morgan fingerprint density at radius 2 is 1.12 bits per heavy atom. The predicted octanol–water partition coefficient (Wildman–Crippen LogP) is 0.751. The van der Waals surface area contributed by atoms with E-state index >= 15 is 0 Å². The molecule has 0 aliphatic rings. The maximum atomic E-state index is 11.5. The number of aromatic nitrogens is 2. The van der Waals surface area contributed by atoms with Crippen LogP contribution < -0.4 is 11.1 Å². The molecule has 2 aromatic rings. The minimum atomic E-state index is -0.0891. The maximum Gasteiger partial charge on any atom is 0.250 e. The molecule has 0 N–H and O–H groups in total. The third-order valence-corrected chi connectivity index (χ3v) is 2.63. The lowest BCUT2D eigenvalue weighted by Gasteiger charge is -2.11. The summed E-state index contributed by atoms with van der Waals surface area (Å²) in [6.45, 7) is 0. The molecule has 2 aromatic heterocycles. The molecule has 2 heterocycles. The molecule has 82 valence electrons. The van der Waals surface area contributed by atoms with E-state index in [1.807, 2.05) is 12.1 Å². The van der Waals surface area contributed by atoms with Crippen LogP contribution in [0.25, 0.3) is 11.4 Å². The average molecular weight is 216 g/mol. The van der Waals surface area contributed by atoms with Crippen molar-refractivity contribution in [3.05, 3.63) is 57.1 Å². The van der Waals surface area contributed by atoms with E-state index in [-0.39, 0.29) is 11.1 Å². The van der Waals surface area contributed by atoms with E-state index in [1.165, 1.54) is 21.3 Å². The van der Waals surface area contributed by atoms with Gasteiger partial charge in [-0.05, 0) is 12.1 Å². The molecule has 0 aromatic carbocycles. The second-order valence-corrected chi connectivity index (χ2v) is 3.62. The van der Waals surface area contributed by atoms with Gasteiger partial charge < -0.3 is 9.13 Å². The van der Waals surface area contributed by atoms with Gasteiger partial charge in [-0.1, -0.05) is 12.1 Å². The molecule has 0 radical (unpaired) electrons. The van der Waals surface area contributed by atoms with Crippen LogP contribution in [0.15, 0.2) is 46.0 Å². The fraction of sp³-hybridized carbons (Fsp3) is 0.167. The van der Waals surface area contributed by atoms with Crippen molar-refractivity contribution >= 4 is 0 Å². The highest BCUT2D eigenvalue weighted by atomic mass is 16.1. The van der Waals surface area contributed by atoms with Crippen molar-refractivity contribution < 1.29 is 0 Å². The molecule has 16 heavy (non-hydrogen) atoms. The summed E-state index contributed by atoms with van der Waals surface area (Å²) in [7, 11) is 3.38. The van der Waals surface area contributed by atoms with Crippen molar-refractivity contribution in [2.75, 3.05) is 0 Å². The zero-order valence-corrected chi connectivity index (χ0v) is 9.18. The molecule has 0 unspecified atom stereocenters. The summed E-state index contributed by atoms with van der Waals surface area (Å²) in [6, 6.07) is 9.99. The first kappa shape index (κ1) is 10.4. The van der Waals surface area contributed by atoms with Gasteiger partial charge in [0.15, 0.2) is 0 Å². The lowest BCUT2D eigenvalue weighted by Crippen LogP contribution is -2.21. The van der Waals surface area contributed by atoms with Gasteiger partial charge >= 0.3 is 0 Å². The fourth-order valence-corrected chi connectivity index (χ4v) is 1.64. The van der Waals surface area contributed by atoms with Crippen LogP contribution in [0.1, 0.15) is 0 Å². The van der Waals surface area contributed by atoms with E-state index in [9.17, 15) is 9.59 Å². The molecule has 0 amide bonds. The van der Waals surface area contributed by atoms with Crippen molar-refractivity contribution in [1.29, 1.82) is 0 Å². The molecule has 0 spiro atoms. The highest BCUT2D eigenvalue weighted by molar-refractivity contribution is 5.54. The molecule has 0 atom stereocenters. The van der Waals surface area contributed by atoms with Crippen LogP contribution in [0.3, 0.4) is 0 Å². The lowest BCUT2D eigenvalue weighted by molar-refractivity contribution is 0.819. The molecular weight excluding hydrogens is 204 g/mol. The first-order chi connectivity index (χ1) is 7.61. The Balaban J connectivity index is 2.78. The molecule has 0 saturated carbocycles. The zero-order valence-electron chi connectivity index (χ0n) is 9.18. The molecule has 0 fully saturated rings.